The van der Waals surface area contributed by atoms with E-state index in [1.165, 1.54) is 0 Å². The van der Waals surface area contributed by atoms with Crippen molar-refractivity contribution >= 4 is 17.4 Å². The lowest BCUT2D eigenvalue weighted by Gasteiger charge is -2.05. The molecule has 0 radical (unpaired) electrons. The van der Waals surface area contributed by atoms with Crippen molar-refractivity contribution in [1.29, 1.82) is 0 Å². The Morgan fingerprint density at radius 3 is 3.00 bits per heavy atom. The molecule has 1 unspecified atom stereocenters. The monoisotopic (exact) mass is 191 g/mol. The quantitative estimate of drug-likeness (QED) is 0.568. The lowest BCUT2D eigenvalue weighted by atomic mass is 10.2. The maximum atomic E-state index is 10.1. The van der Waals surface area contributed by atoms with E-state index < -0.39 is 6.29 Å². The summed E-state index contributed by atoms with van der Waals surface area (Å²) < 4.78 is 4.45. The smallest absolute Gasteiger partial charge is 0.295 e. The molecule has 1 aromatic carbocycles. The first kappa shape index (κ1) is 8.77. The van der Waals surface area contributed by atoms with E-state index in [1.807, 2.05) is 24.3 Å². The lowest BCUT2D eigenvalue weighted by Crippen LogP contribution is -2.00. The number of aromatic nitrogens is 1. The zero-order valence-corrected chi connectivity index (χ0v) is 7.31. The van der Waals surface area contributed by atoms with Crippen molar-refractivity contribution in [3.8, 4) is 0 Å². The van der Waals surface area contributed by atoms with E-state index in [0.29, 0.717) is 5.56 Å². The number of carbonyl (C=O) groups excluding carboxylic acids is 1. The molecule has 4 heteroatoms. The van der Waals surface area contributed by atoms with Crippen LogP contribution in [0.25, 0.3) is 10.9 Å². The van der Waals surface area contributed by atoms with Gasteiger partial charge in [-0.15, -0.1) is 0 Å². The summed E-state index contributed by atoms with van der Waals surface area (Å²) in [7, 11) is 0. The number of hydrogen-bond acceptors (Lipinski definition) is 3. The molecule has 0 aliphatic rings. The van der Waals surface area contributed by atoms with Gasteiger partial charge in [-0.3, -0.25) is 4.79 Å². The molecule has 72 valence electrons. The lowest BCUT2D eigenvalue weighted by molar-refractivity contribution is -0.152. The molecule has 1 aromatic heterocycles. The Morgan fingerprint density at radius 1 is 1.43 bits per heavy atom. The zero-order chi connectivity index (χ0) is 9.97. The second-order valence-corrected chi connectivity index (χ2v) is 2.87. The highest BCUT2D eigenvalue weighted by atomic mass is 16.6. The molecule has 0 aliphatic carbocycles. The number of aliphatic hydroxyl groups is 1. The van der Waals surface area contributed by atoms with Gasteiger partial charge in [-0.05, 0) is 6.07 Å². The number of hydrogen-bond donors (Lipinski definition) is 2. The van der Waals surface area contributed by atoms with Crippen LogP contribution in [0.5, 0.6) is 0 Å². The van der Waals surface area contributed by atoms with E-state index in [0.717, 1.165) is 10.9 Å². The van der Waals surface area contributed by atoms with Crippen LogP contribution in [-0.4, -0.2) is 16.6 Å². The summed E-state index contributed by atoms with van der Waals surface area (Å²) in [6.07, 6.45) is 0.419. The number of para-hydroxylation sites is 1. The molecular weight excluding hydrogens is 182 g/mol. The molecule has 2 aromatic rings. The number of rotatable bonds is 3. The van der Waals surface area contributed by atoms with E-state index in [9.17, 15) is 9.90 Å². The van der Waals surface area contributed by atoms with Crippen molar-refractivity contribution < 1.29 is 14.6 Å². The number of benzene rings is 1. The SMILES string of the molecule is O=COC(O)c1c[nH]c2ccccc12. The Labute approximate surface area is 80.1 Å². The van der Waals surface area contributed by atoms with Gasteiger partial charge >= 0.3 is 0 Å². The van der Waals surface area contributed by atoms with E-state index >= 15 is 0 Å². The number of fused-ring (bicyclic) bond motifs is 1. The minimum Gasteiger partial charge on any atom is -0.434 e. The number of nitrogens with one attached hydrogen (secondary N) is 1. The molecule has 0 amide bonds. The van der Waals surface area contributed by atoms with Crippen LogP contribution in [0.3, 0.4) is 0 Å². The molecule has 0 bridgehead atoms. The molecule has 0 saturated carbocycles. The van der Waals surface area contributed by atoms with Crippen LogP contribution in [0, 0.1) is 0 Å². The predicted octanol–water partition coefficient (Wildman–Crippen LogP) is 1.33. The van der Waals surface area contributed by atoms with Crippen LogP contribution >= 0.6 is 0 Å². The van der Waals surface area contributed by atoms with Crippen molar-refractivity contribution in [2.24, 2.45) is 0 Å². The van der Waals surface area contributed by atoms with Gasteiger partial charge in [-0.2, -0.15) is 0 Å². The summed E-state index contributed by atoms with van der Waals surface area (Å²) in [4.78, 5) is 13.0. The average molecular weight is 191 g/mol. The predicted molar refractivity (Wildman–Crippen MR) is 50.4 cm³/mol. The second-order valence-electron chi connectivity index (χ2n) is 2.87. The minimum absolute atomic E-state index is 0.229. The van der Waals surface area contributed by atoms with Gasteiger partial charge in [0, 0.05) is 22.7 Å². The first-order valence-electron chi connectivity index (χ1n) is 4.16. The molecule has 0 saturated heterocycles. The number of H-pyrrole nitrogens is 1. The van der Waals surface area contributed by atoms with Gasteiger partial charge in [-0.25, -0.2) is 0 Å². The Bertz CT molecular complexity index is 449. The highest BCUT2D eigenvalue weighted by Gasteiger charge is 2.12. The van der Waals surface area contributed by atoms with Crippen molar-refractivity contribution in [3.05, 3.63) is 36.0 Å². The van der Waals surface area contributed by atoms with Crippen molar-refractivity contribution in [2.45, 2.75) is 6.29 Å². The highest BCUT2D eigenvalue weighted by molar-refractivity contribution is 5.83. The van der Waals surface area contributed by atoms with Gasteiger partial charge in [0.1, 0.15) is 0 Å². The number of ether oxygens (including phenoxy) is 1. The van der Waals surface area contributed by atoms with Crippen LogP contribution in [0.4, 0.5) is 0 Å². The van der Waals surface area contributed by atoms with Crippen LogP contribution in [0.2, 0.25) is 0 Å². The maximum Gasteiger partial charge on any atom is 0.295 e. The molecule has 0 fully saturated rings. The molecule has 14 heavy (non-hydrogen) atoms. The molecule has 2 rings (SSSR count). The fourth-order valence-electron chi connectivity index (χ4n) is 1.42. The molecule has 1 atom stereocenters. The summed E-state index contributed by atoms with van der Waals surface area (Å²) in [5.74, 6) is 0. The average Bonchev–Trinajstić information content (AvgIpc) is 2.61. The summed E-state index contributed by atoms with van der Waals surface area (Å²) >= 11 is 0. The third kappa shape index (κ3) is 1.36. The van der Waals surface area contributed by atoms with E-state index in [2.05, 4.69) is 9.72 Å². The first-order chi connectivity index (χ1) is 6.83. The van der Waals surface area contributed by atoms with Crippen molar-refractivity contribution in [2.75, 3.05) is 0 Å². The third-order valence-corrected chi connectivity index (χ3v) is 2.07. The highest BCUT2D eigenvalue weighted by Crippen LogP contribution is 2.23. The summed E-state index contributed by atoms with van der Waals surface area (Å²) in [5, 5.41) is 10.3. The number of aliphatic hydroxyl groups excluding tert-OH is 1. The fraction of sp³-hybridized carbons (Fsp3) is 0.100. The van der Waals surface area contributed by atoms with Crippen LogP contribution < -0.4 is 0 Å². The molecule has 0 spiro atoms. The first-order valence-corrected chi connectivity index (χ1v) is 4.16. The van der Waals surface area contributed by atoms with Gasteiger partial charge in [0.05, 0.1) is 0 Å². The van der Waals surface area contributed by atoms with Gasteiger partial charge in [0.2, 0.25) is 6.29 Å². The standard InChI is InChI=1S/C10H9NO3/c12-6-14-10(13)8-5-11-9-4-2-1-3-7(8)9/h1-6,10-11,13H. The summed E-state index contributed by atoms with van der Waals surface area (Å²) in [6.45, 7) is 0.229. The van der Waals surface area contributed by atoms with Crippen molar-refractivity contribution in [1.82, 2.24) is 4.98 Å². The molecule has 4 nitrogen and oxygen atoms in total. The Kier molecular flexibility index (Phi) is 2.20. The second kappa shape index (κ2) is 3.51. The molecule has 0 aliphatic heterocycles. The van der Waals surface area contributed by atoms with E-state index in [-0.39, 0.29) is 6.47 Å². The Hall–Kier alpha value is -1.81. The van der Waals surface area contributed by atoms with Gasteiger partial charge < -0.3 is 14.8 Å². The fourth-order valence-corrected chi connectivity index (χ4v) is 1.42. The molecule has 1 heterocycles. The van der Waals surface area contributed by atoms with Gasteiger partial charge in [0.15, 0.2) is 0 Å². The Morgan fingerprint density at radius 2 is 2.21 bits per heavy atom. The van der Waals surface area contributed by atoms with Gasteiger partial charge in [-0.1, -0.05) is 18.2 Å². The van der Waals surface area contributed by atoms with Crippen LogP contribution in [0.1, 0.15) is 11.9 Å². The van der Waals surface area contributed by atoms with Crippen LogP contribution in [-0.2, 0) is 9.53 Å². The summed E-state index contributed by atoms with van der Waals surface area (Å²) in [6, 6.07) is 7.47. The van der Waals surface area contributed by atoms with Crippen molar-refractivity contribution in [3.63, 3.8) is 0 Å². The normalized spacial score (nSPS) is 12.6. The van der Waals surface area contributed by atoms with E-state index in [1.54, 1.807) is 6.20 Å². The minimum atomic E-state index is -1.20. The number of carbonyl (C=O) groups is 1. The molecular formula is C10H9NO3. The molecule has 2 N–H and O–H groups in total. The maximum absolute atomic E-state index is 10.1. The largest absolute Gasteiger partial charge is 0.434 e. The third-order valence-electron chi connectivity index (χ3n) is 2.07. The topological polar surface area (TPSA) is 62.3 Å². The summed E-state index contributed by atoms with van der Waals surface area (Å²) in [5.41, 5.74) is 1.46. The zero-order valence-electron chi connectivity index (χ0n) is 7.31. The van der Waals surface area contributed by atoms with Gasteiger partial charge in [0.25, 0.3) is 6.47 Å². The Balaban J connectivity index is 2.47. The van der Waals surface area contributed by atoms with Crippen LogP contribution in [0.15, 0.2) is 30.5 Å². The number of aromatic amines is 1. The van der Waals surface area contributed by atoms with E-state index in [4.69, 9.17) is 0 Å².